The average molecular weight is 532 g/mol. The molecule has 1 aromatic carbocycles. The summed E-state index contributed by atoms with van der Waals surface area (Å²) >= 11 is 1.58. The molecule has 4 unspecified atom stereocenters. The summed E-state index contributed by atoms with van der Waals surface area (Å²) in [6.07, 6.45) is 5.97. The number of carbonyl (C=O) groups excluding carboxylic acids is 3. The Morgan fingerprint density at radius 3 is 2.54 bits per heavy atom. The molecule has 4 N–H and O–H groups in total. The number of aromatic hydroxyl groups is 1. The van der Waals surface area contributed by atoms with Crippen molar-refractivity contribution in [2.45, 2.75) is 57.1 Å². The Kier molecular flexibility index (Phi) is 7.72. The van der Waals surface area contributed by atoms with Gasteiger partial charge in [0.05, 0.1) is 18.3 Å². The minimum absolute atomic E-state index is 0.0572. The molecule has 0 radical (unpaired) electrons. The van der Waals surface area contributed by atoms with Gasteiger partial charge < -0.3 is 30.5 Å². The van der Waals surface area contributed by atoms with Crippen molar-refractivity contribution in [3.8, 4) is 5.75 Å². The first kappa shape index (κ1) is 26.8. The molecule has 1 saturated heterocycles. The average Bonchev–Trinajstić information content (AvgIpc) is 3.54. The molecule has 5 atom stereocenters. The van der Waals surface area contributed by atoms with E-state index in [0.717, 1.165) is 12.8 Å². The third-order valence-corrected chi connectivity index (χ3v) is 8.25. The van der Waals surface area contributed by atoms with Crippen LogP contribution < -0.4 is 10.6 Å². The molecule has 0 spiro atoms. The second-order valence-corrected chi connectivity index (χ2v) is 11.8. The number of urea groups is 1. The van der Waals surface area contributed by atoms with E-state index in [2.05, 4.69) is 22.8 Å². The number of amides is 3. The van der Waals surface area contributed by atoms with Crippen LogP contribution in [-0.2, 0) is 25.5 Å². The molecule has 11 heteroatoms. The maximum atomic E-state index is 13.4. The summed E-state index contributed by atoms with van der Waals surface area (Å²) in [6.45, 7) is 4.99. The maximum Gasteiger partial charge on any atom is 0.330 e. The summed E-state index contributed by atoms with van der Waals surface area (Å²) in [6, 6.07) is 2.79. The van der Waals surface area contributed by atoms with Gasteiger partial charge in [0.25, 0.3) is 0 Å². The number of thioether (sulfide) groups is 1. The number of ether oxygens (including phenoxy) is 1. The van der Waals surface area contributed by atoms with E-state index in [1.165, 1.54) is 18.2 Å². The van der Waals surface area contributed by atoms with Crippen molar-refractivity contribution in [1.29, 1.82) is 0 Å². The van der Waals surface area contributed by atoms with Crippen LogP contribution in [0.4, 0.5) is 10.5 Å². The first-order chi connectivity index (χ1) is 17.4. The highest BCUT2D eigenvalue weighted by molar-refractivity contribution is 8.00. The van der Waals surface area contributed by atoms with Crippen LogP contribution in [0, 0.1) is 17.8 Å². The maximum absolute atomic E-state index is 13.4. The number of nitrogens with one attached hydrogen (secondary N) is 2. The van der Waals surface area contributed by atoms with Gasteiger partial charge in [0, 0.05) is 17.0 Å². The van der Waals surface area contributed by atoms with Crippen LogP contribution in [0.25, 0.3) is 0 Å². The van der Waals surface area contributed by atoms with Crippen LogP contribution in [0.3, 0.4) is 0 Å². The number of phenolic OH excluding ortho intramolecular Hbond substituents is 1. The standard InChI is InChI=1S/C26H33N3O7S/c1-26(2,3)36-24(34)19-13-37-23(16-10-14-7-8-15(16)9-14)29(19)21(31)12-27-25(35)28-18-5-4-6-20(30)17(18)11-22(32)33/h4-8,14-16,19,23,30H,9-13H2,1-3H3,(H,32,33)(H2,27,28,35)/t14?,15?,16?,19-,23?/m0/s1. The zero-order chi connectivity index (χ0) is 26.9. The second kappa shape index (κ2) is 10.6. The lowest BCUT2D eigenvalue weighted by Crippen LogP contribution is -2.53. The van der Waals surface area contributed by atoms with Crippen LogP contribution in [0.2, 0.25) is 0 Å². The fraction of sp³-hybridized carbons (Fsp3) is 0.538. The van der Waals surface area contributed by atoms with E-state index in [4.69, 9.17) is 9.84 Å². The molecular weight excluding hydrogens is 498 g/mol. The summed E-state index contributed by atoms with van der Waals surface area (Å²) in [5.41, 5.74) is -0.513. The van der Waals surface area contributed by atoms with E-state index in [0.29, 0.717) is 17.6 Å². The van der Waals surface area contributed by atoms with Crippen molar-refractivity contribution in [3.05, 3.63) is 35.9 Å². The van der Waals surface area contributed by atoms with Crippen LogP contribution in [0.15, 0.2) is 30.4 Å². The number of carbonyl (C=O) groups is 4. The van der Waals surface area contributed by atoms with E-state index in [9.17, 15) is 24.3 Å². The summed E-state index contributed by atoms with van der Waals surface area (Å²) in [5, 5.41) is 23.9. The molecule has 2 fully saturated rings. The predicted molar refractivity (Wildman–Crippen MR) is 138 cm³/mol. The number of phenols is 1. The fourth-order valence-electron chi connectivity index (χ4n) is 5.32. The first-order valence-corrected chi connectivity index (χ1v) is 13.4. The summed E-state index contributed by atoms with van der Waals surface area (Å²) < 4.78 is 5.60. The summed E-state index contributed by atoms with van der Waals surface area (Å²) in [7, 11) is 0. The molecule has 2 aliphatic carbocycles. The van der Waals surface area contributed by atoms with Gasteiger partial charge in [-0.3, -0.25) is 9.59 Å². The molecule has 1 saturated carbocycles. The van der Waals surface area contributed by atoms with Crippen LogP contribution >= 0.6 is 11.8 Å². The number of fused-ring (bicyclic) bond motifs is 2. The number of carboxylic acids is 1. The van der Waals surface area contributed by atoms with Crippen LogP contribution in [0.5, 0.6) is 5.75 Å². The molecule has 200 valence electrons. The molecule has 10 nitrogen and oxygen atoms in total. The Hall–Kier alpha value is -3.21. The van der Waals surface area contributed by atoms with E-state index < -0.39 is 41.9 Å². The Bertz CT molecular complexity index is 1120. The van der Waals surface area contributed by atoms with Crippen molar-refractivity contribution < 1.29 is 34.1 Å². The smallest absolute Gasteiger partial charge is 0.330 e. The van der Waals surface area contributed by atoms with Gasteiger partial charge in [-0.05, 0) is 63.5 Å². The third-order valence-electron chi connectivity index (χ3n) is 6.83. The van der Waals surface area contributed by atoms with E-state index in [1.807, 2.05) is 0 Å². The van der Waals surface area contributed by atoms with Crippen molar-refractivity contribution in [2.24, 2.45) is 17.8 Å². The van der Waals surface area contributed by atoms with Crippen LogP contribution in [-0.4, -0.2) is 68.3 Å². The molecule has 1 heterocycles. The first-order valence-electron chi connectivity index (χ1n) is 12.3. The van der Waals surface area contributed by atoms with Crippen molar-refractivity contribution in [3.63, 3.8) is 0 Å². The number of esters is 1. The van der Waals surface area contributed by atoms with Crippen molar-refractivity contribution in [1.82, 2.24) is 10.2 Å². The highest BCUT2D eigenvalue weighted by atomic mass is 32.2. The monoisotopic (exact) mass is 531 g/mol. The number of rotatable bonds is 7. The van der Waals surface area contributed by atoms with Gasteiger partial charge >= 0.3 is 18.0 Å². The fourth-order valence-corrected chi connectivity index (χ4v) is 6.98. The van der Waals surface area contributed by atoms with Crippen molar-refractivity contribution in [2.75, 3.05) is 17.6 Å². The van der Waals surface area contributed by atoms with E-state index >= 15 is 0 Å². The van der Waals surface area contributed by atoms with E-state index in [1.54, 1.807) is 37.4 Å². The van der Waals surface area contributed by atoms with Gasteiger partial charge in [-0.15, -0.1) is 11.8 Å². The number of carboxylic acid groups (broad SMARTS) is 1. The van der Waals surface area contributed by atoms with Crippen molar-refractivity contribution >= 4 is 41.3 Å². The predicted octanol–water partition coefficient (Wildman–Crippen LogP) is 2.96. The zero-order valence-corrected chi connectivity index (χ0v) is 21.9. The Morgan fingerprint density at radius 2 is 1.92 bits per heavy atom. The molecule has 3 amide bonds. The molecule has 1 aromatic rings. The van der Waals surface area contributed by atoms with Gasteiger partial charge in [0.2, 0.25) is 5.91 Å². The second-order valence-electron chi connectivity index (χ2n) is 10.7. The van der Waals surface area contributed by atoms with Crippen LogP contribution in [0.1, 0.15) is 39.2 Å². The number of aliphatic carboxylic acids is 1. The molecule has 0 aromatic heterocycles. The third kappa shape index (κ3) is 6.20. The van der Waals surface area contributed by atoms with Gasteiger partial charge in [-0.1, -0.05) is 18.2 Å². The SMILES string of the molecule is CC(C)(C)OC(=O)[C@@H]1CSC(C2CC3C=CC2C3)N1C(=O)CNC(=O)Nc1cccc(O)c1CC(=O)O. The van der Waals surface area contributed by atoms with E-state index in [-0.39, 0.29) is 34.8 Å². The number of benzene rings is 1. The highest BCUT2D eigenvalue weighted by Crippen LogP contribution is 2.50. The van der Waals surface area contributed by atoms with Gasteiger partial charge in [0.15, 0.2) is 0 Å². The number of hydrogen-bond acceptors (Lipinski definition) is 7. The lowest BCUT2D eigenvalue weighted by Gasteiger charge is -2.35. The highest BCUT2D eigenvalue weighted by Gasteiger charge is 2.50. The Balaban J connectivity index is 1.45. The largest absolute Gasteiger partial charge is 0.508 e. The molecule has 2 bridgehead atoms. The van der Waals surface area contributed by atoms with Gasteiger partial charge in [-0.25, -0.2) is 9.59 Å². The molecule has 1 aliphatic heterocycles. The number of anilines is 1. The van der Waals surface area contributed by atoms with Gasteiger partial charge in [-0.2, -0.15) is 0 Å². The molecule has 3 aliphatic rings. The molecule has 37 heavy (non-hydrogen) atoms. The topological polar surface area (TPSA) is 145 Å². The van der Waals surface area contributed by atoms with Gasteiger partial charge in [0.1, 0.15) is 17.4 Å². The zero-order valence-electron chi connectivity index (χ0n) is 21.1. The minimum Gasteiger partial charge on any atom is -0.508 e. The lowest BCUT2D eigenvalue weighted by atomic mass is 9.92. The number of nitrogens with zero attached hydrogens (tertiary/aromatic N) is 1. The Morgan fingerprint density at radius 1 is 1.16 bits per heavy atom. The minimum atomic E-state index is -1.17. The Labute approximate surface area is 219 Å². The quantitative estimate of drug-likeness (QED) is 0.310. The number of allylic oxidation sites excluding steroid dienone is 2. The molecular formula is C26H33N3O7S. The summed E-state index contributed by atoms with van der Waals surface area (Å²) in [4.78, 5) is 51.8. The molecule has 4 rings (SSSR count). The number of hydrogen-bond donors (Lipinski definition) is 4. The normalized spacial score (nSPS) is 26.2. The lowest BCUT2D eigenvalue weighted by molar-refractivity contribution is -0.164. The summed E-state index contributed by atoms with van der Waals surface area (Å²) in [5.74, 6) is -0.752.